The van der Waals surface area contributed by atoms with Crippen LogP contribution in [-0.4, -0.2) is 38.6 Å². The molecule has 2 atom stereocenters. The van der Waals surface area contributed by atoms with Crippen LogP contribution >= 0.6 is 0 Å². The van der Waals surface area contributed by atoms with E-state index in [1.807, 2.05) is 24.4 Å². The third-order valence-corrected chi connectivity index (χ3v) is 4.39. The molecule has 0 spiro atoms. The van der Waals surface area contributed by atoms with E-state index in [9.17, 15) is 0 Å². The van der Waals surface area contributed by atoms with E-state index in [1.54, 1.807) is 14.2 Å². The average molecular weight is 298 g/mol. The molecule has 3 rings (SSSR count). The van der Waals surface area contributed by atoms with Crippen molar-refractivity contribution in [2.75, 3.05) is 25.7 Å². The van der Waals surface area contributed by atoms with E-state index in [0.717, 1.165) is 30.1 Å². The summed E-state index contributed by atoms with van der Waals surface area (Å²) in [5.41, 5.74) is 1.70. The van der Waals surface area contributed by atoms with Gasteiger partial charge in [-0.1, -0.05) is 18.2 Å². The monoisotopic (exact) mass is 298 g/mol. The lowest BCUT2D eigenvalue weighted by molar-refractivity contribution is 0.0311. The van der Waals surface area contributed by atoms with Crippen molar-refractivity contribution < 1.29 is 9.47 Å². The molecule has 0 saturated heterocycles. The minimum absolute atomic E-state index is 0.0965. The van der Waals surface area contributed by atoms with Gasteiger partial charge in [0.05, 0.1) is 24.5 Å². The maximum Gasteiger partial charge on any atom is 0.117 e. The molecule has 0 N–H and O–H groups in total. The van der Waals surface area contributed by atoms with Gasteiger partial charge in [-0.25, -0.2) is 0 Å². The lowest BCUT2D eigenvalue weighted by Crippen LogP contribution is -2.52. The van der Waals surface area contributed by atoms with Crippen molar-refractivity contribution in [2.24, 2.45) is 4.99 Å². The zero-order chi connectivity index (χ0) is 15.6. The number of rotatable bonds is 3. The number of nitrogens with zero attached hydrogens (tertiary/aromatic N) is 2. The molecule has 1 aromatic rings. The number of hydrogen-bond donors (Lipinski definition) is 0. The van der Waals surface area contributed by atoms with E-state index in [0.29, 0.717) is 0 Å². The molecule has 1 heterocycles. The van der Waals surface area contributed by atoms with Crippen molar-refractivity contribution in [3.8, 4) is 0 Å². The first-order valence-electron chi connectivity index (χ1n) is 7.56. The number of allylic oxidation sites excluding steroid dienone is 1. The van der Waals surface area contributed by atoms with Crippen LogP contribution in [0, 0.1) is 0 Å². The summed E-state index contributed by atoms with van der Waals surface area (Å²) in [6.45, 7) is 3.00. The SMILES string of the molecule is COC1=CC(C)(OC)C(N2CCC=Nc3ccccc32)C=C1. The fraction of sp³-hybridized carbons (Fsp3) is 0.389. The highest BCUT2D eigenvalue weighted by atomic mass is 16.5. The Hall–Kier alpha value is -2.07. The largest absolute Gasteiger partial charge is 0.497 e. The Morgan fingerprint density at radius 1 is 1.27 bits per heavy atom. The van der Waals surface area contributed by atoms with Gasteiger partial charge in [0.1, 0.15) is 11.4 Å². The first-order chi connectivity index (χ1) is 10.7. The van der Waals surface area contributed by atoms with Crippen molar-refractivity contribution >= 4 is 17.6 Å². The fourth-order valence-corrected chi connectivity index (χ4v) is 3.10. The van der Waals surface area contributed by atoms with E-state index in [1.165, 1.54) is 0 Å². The van der Waals surface area contributed by atoms with Gasteiger partial charge in [0, 0.05) is 26.3 Å². The maximum absolute atomic E-state index is 5.84. The van der Waals surface area contributed by atoms with Crippen LogP contribution in [0.3, 0.4) is 0 Å². The molecule has 2 unspecified atom stereocenters. The minimum Gasteiger partial charge on any atom is -0.497 e. The number of methoxy groups -OCH3 is 2. The van der Waals surface area contributed by atoms with Gasteiger partial charge in [-0.15, -0.1) is 0 Å². The maximum atomic E-state index is 5.84. The molecular weight excluding hydrogens is 276 g/mol. The van der Waals surface area contributed by atoms with Crippen molar-refractivity contribution in [1.29, 1.82) is 0 Å². The van der Waals surface area contributed by atoms with Gasteiger partial charge < -0.3 is 14.4 Å². The van der Waals surface area contributed by atoms with Crippen LogP contribution in [0.25, 0.3) is 0 Å². The number of para-hydroxylation sites is 2. The molecule has 0 bridgehead atoms. The first-order valence-corrected chi connectivity index (χ1v) is 7.56. The average Bonchev–Trinajstić information content (AvgIpc) is 2.77. The van der Waals surface area contributed by atoms with E-state index in [-0.39, 0.29) is 6.04 Å². The summed E-state index contributed by atoms with van der Waals surface area (Å²) in [4.78, 5) is 6.93. The fourth-order valence-electron chi connectivity index (χ4n) is 3.10. The third-order valence-electron chi connectivity index (χ3n) is 4.39. The number of anilines is 1. The smallest absolute Gasteiger partial charge is 0.117 e. The number of ether oxygens (including phenoxy) is 2. The predicted octanol–water partition coefficient (Wildman–Crippen LogP) is 3.47. The number of benzene rings is 1. The van der Waals surface area contributed by atoms with Gasteiger partial charge in [0.2, 0.25) is 0 Å². The second-order valence-electron chi connectivity index (χ2n) is 5.73. The van der Waals surface area contributed by atoms with Gasteiger partial charge in [0.25, 0.3) is 0 Å². The Labute approximate surface area is 131 Å². The van der Waals surface area contributed by atoms with Crippen LogP contribution in [0.5, 0.6) is 0 Å². The summed E-state index contributed by atoms with van der Waals surface area (Å²) in [6.07, 6.45) is 9.13. The zero-order valence-electron chi connectivity index (χ0n) is 13.3. The van der Waals surface area contributed by atoms with E-state index in [2.05, 4.69) is 41.1 Å². The number of hydrogen-bond acceptors (Lipinski definition) is 4. The molecule has 1 aliphatic carbocycles. The Kier molecular flexibility index (Phi) is 4.03. The van der Waals surface area contributed by atoms with Crippen LogP contribution in [0.4, 0.5) is 11.4 Å². The molecule has 0 amide bonds. The second-order valence-corrected chi connectivity index (χ2v) is 5.73. The van der Waals surface area contributed by atoms with Gasteiger partial charge >= 0.3 is 0 Å². The van der Waals surface area contributed by atoms with E-state index >= 15 is 0 Å². The summed E-state index contributed by atoms with van der Waals surface area (Å²) in [6, 6.07) is 8.35. The number of aliphatic imine (C=N–C) groups is 1. The Morgan fingerprint density at radius 2 is 2.09 bits per heavy atom. The molecule has 0 radical (unpaired) electrons. The highest BCUT2D eigenvalue weighted by molar-refractivity contribution is 5.76. The van der Waals surface area contributed by atoms with E-state index < -0.39 is 5.60 Å². The molecule has 4 nitrogen and oxygen atoms in total. The second kappa shape index (κ2) is 5.97. The predicted molar refractivity (Wildman–Crippen MR) is 90.0 cm³/mol. The van der Waals surface area contributed by atoms with Crippen molar-refractivity contribution in [3.05, 3.63) is 48.3 Å². The Bertz CT molecular complexity index is 636. The van der Waals surface area contributed by atoms with Crippen LogP contribution < -0.4 is 4.90 Å². The molecule has 4 heteroatoms. The van der Waals surface area contributed by atoms with Crippen molar-refractivity contribution in [2.45, 2.75) is 25.0 Å². The topological polar surface area (TPSA) is 34.1 Å². The number of fused-ring (bicyclic) bond motifs is 1. The molecule has 1 aliphatic heterocycles. The molecule has 0 aromatic heterocycles. The Balaban J connectivity index is 2.01. The standard InChI is InChI=1S/C18H22N2O2/c1-18(22-3)13-14(21-2)9-10-17(18)20-12-6-11-19-15-7-4-5-8-16(15)20/h4-5,7-11,13,17H,6,12H2,1-3H3. The lowest BCUT2D eigenvalue weighted by Gasteiger charge is -2.43. The van der Waals surface area contributed by atoms with Gasteiger partial charge in [-0.2, -0.15) is 0 Å². The molecule has 0 fully saturated rings. The summed E-state index contributed by atoms with van der Waals surface area (Å²) in [5.74, 6) is 0.833. The summed E-state index contributed by atoms with van der Waals surface area (Å²) in [7, 11) is 3.43. The van der Waals surface area contributed by atoms with Crippen molar-refractivity contribution in [3.63, 3.8) is 0 Å². The summed E-state index contributed by atoms with van der Waals surface area (Å²) < 4.78 is 11.2. The molecular formula is C18H22N2O2. The third kappa shape index (κ3) is 2.55. The first kappa shape index (κ1) is 14.9. The van der Waals surface area contributed by atoms with Gasteiger partial charge in [-0.05, 0) is 31.2 Å². The van der Waals surface area contributed by atoms with Crippen LogP contribution in [0.1, 0.15) is 13.3 Å². The van der Waals surface area contributed by atoms with Crippen LogP contribution in [-0.2, 0) is 9.47 Å². The van der Waals surface area contributed by atoms with Gasteiger partial charge in [-0.3, -0.25) is 4.99 Å². The highest BCUT2D eigenvalue weighted by Crippen LogP contribution is 2.37. The lowest BCUT2D eigenvalue weighted by atomic mass is 9.89. The molecule has 2 aliphatic rings. The Morgan fingerprint density at radius 3 is 2.86 bits per heavy atom. The van der Waals surface area contributed by atoms with Gasteiger partial charge in [0.15, 0.2) is 0 Å². The van der Waals surface area contributed by atoms with E-state index in [4.69, 9.17) is 9.47 Å². The minimum atomic E-state index is -0.447. The van der Waals surface area contributed by atoms with Crippen LogP contribution in [0.15, 0.2) is 53.2 Å². The molecule has 22 heavy (non-hydrogen) atoms. The quantitative estimate of drug-likeness (QED) is 0.857. The highest BCUT2D eigenvalue weighted by Gasteiger charge is 2.38. The summed E-state index contributed by atoms with van der Waals surface area (Å²) >= 11 is 0. The molecule has 0 saturated carbocycles. The normalized spacial score (nSPS) is 27.1. The molecule has 116 valence electrons. The van der Waals surface area contributed by atoms with Crippen LogP contribution in [0.2, 0.25) is 0 Å². The zero-order valence-corrected chi connectivity index (χ0v) is 13.3. The molecule has 1 aromatic carbocycles. The van der Waals surface area contributed by atoms with Crippen molar-refractivity contribution in [1.82, 2.24) is 0 Å². The summed E-state index contributed by atoms with van der Waals surface area (Å²) in [5, 5.41) is 0.